The Morgan fingerprint density at radius 3 is 2.37 bits per heavy atom. The zero-order valence-electron chi connectivity index (χ0n) is 10.5. The maximum Gasteiger partial charge on any atom is 0.123 e. The Hall–Kier alpha value is -1.09. The maximum atomic E-state index is 13.1. The van der Waals surface area contributed by atoms with E-state index in [2.05, 4.69) is 0 Å². The lowest BCUT2D eigenvalue weighted by molar-refractivity contribution is 0.624. The second-order valence-electron chi connectivity index (χ2n) is 4.52. The van der Waals surface area contributed by atoms with Crippen LogP contribution in [0.5, 0.6) is 0 Å². The van der Waals surface area contributed by atoms with Crippen LogP contribution >= 0.6 is 23.2 Å². The van der Waals surface area contributed by atoms with Crippen molar-refractivity contribution >= 4 is 23.2 Å². The van der Waals surface area contributed by atoms with Crippen molar-refractivity contribution in [1.29, 1.82) is 0 Å². The van der Waals surface area contributed by atoms with Gasteiger partial charge in [-0.2, -0.15) is 0 Å². The minimum atomic E-state index is -0.314. The molecule has 0 spiro atoms. The minimum absolute atomic E-state index is 0.245. The van der Waals surface area contributed by atoms with Crippen molar-refractivity contribution < 1.29 is 4.39 Å². The summed E-state index contributed by atoms with van der Waals surface area (Å²) in [5.74, 6) is -0.245. The summed E-state index contributed by atoms with van der Waals surface area (Å²) in [5, 5.41) is 1.11. The van der Waals surface area contributed by atoms with Gasteiger partial charge in [0.2, 0.25) is 0 Å². The predicted octanol–water partition coefficient (Wildman–Crippen LogP) is 4.68. The molecule has 0 saturated heterocycles. The predicted molar refractivity (Wildman–Crippen MR) is 78.2 cm³/mol. The SMILES string of the molecule is Cc1cc(F)ccc1CC(N)c1c(Cl)cccc1Cl. The average Bonchev–Trinajstić information content (AvgIpc) is 2.32. The number of hydrogen-bond acceptors (Lipinski definition) is 1. The van der Waals surface area contributed by atoms with Gasteiger partial charge in [-0.15, -0.1) is 0 Å². The highest BCUT2D eigenvalue weighted by atomic mass is 35.5. The first-order valence-electron chi connectivity index (χ1n) is 5.93. The molecule has 0 aliphatic carbocycles. The molecule has 100 valence electrons. The maximum absolute atomic E-state index is 13.1. The molecule has 0 radical (unpaired) electrons. The number of nitrogens with two attached hydrogens (primary N) is 1. The summed E-state index contributed by atoms with van der Waals surface area (Å²) in [4.78, 5) is 0. The molecule has 0 aliphatic rings. The molecule has 0 saturated carbocycles. The molecule has 0 amide bonds. The molecule has 0 heterocycles. The van der Waals surface area contributed by atoms with Crippen LogP contribution in [-0.2, 0) is 6.42 Å². The van der Waals surface area contributed by atoms with Crippen LogP contribution in [0.4, 0.5) is 4.39 Å². The normalized spacial score (nSPS) is 12.5. The van der Waals surface area contributed by atoms with Crippen molar-refractivity contribution in [3.8, 4) is 0 Å². The van der Waals surface area contributed by atoms with E-state index in [0.717, 1.165) is 16.7 Å². The molecule has 19 heavy (non-hydrogen) atoms. The van der Waals surface area contributed by atoms with Crippen molar-refractivity contribution in [2.24, 2.45) is 5.73 Å². The standard InChI is InChI=1S/C15H14Cl2FN/c1-9-7-11(18)6-5-10(9)8-14(19)15-12(16)3-2-4-13(15)17/h2-7,14H,8,19H2,1H3. The van der Waals surface area contributed by atoms with Crippen LogP contribution in [0.15, 0.2) is 36.4 Å². The van der Waals surface area contributed by atoms with E-state index in [1.54, 1.807) is 24.3 Å². The average molecular weight is 298 g/mol. The summed E-state index contributed by atoms with van der Waals surface area (Å²) in [6.07, 6.45) is 0.565. The number of benzene rings is 2. The first-order valence-corrected chi connectivity index (χ1v) is 6.69. The van der Waals surface area contributed by atoms with E-state index in [9.17, 15) is 4.39 Å². The Morgan fingerprint density at radius 2 is 1.79 bits per heavy atom. The molecule has 0 bridgehead atoms. The molecule has 2 aromatic rings. The third-order valence-electron chi connectivity index (χ3n) is 3.11. The van der Waals surface area contributed by atoms with E-state index in [-0.39, 0.29) is 11.9 Å². The first kappa shape index (κ1) is 14.3. The molecule has 2 rings (SSSR count). The van der Waals surface area contributed by atoms with Crippen LogP contribution in [0.25, 0.3) is 0 Å². The topological polar surface area (TPSA) is 26.0 Å². The van der Waals surface area contributed by atoms with Crippen LogP contribution in [0.1, 0.15) is 22.7 Å². The van der Waals surface area contributed by atoms with Crippen LogP contribution in [-0.4, -0.2) is 0 Å². The summed E-state index contributed by atoms with van der Waals surface area (Å²) >= 11 is 12.3. The van der Waals surface area contributed by atoms with E-state index in [4.69, 9.17) is 28.9 Å². The largest absolute Gasteiger partial charge is 0.324 e. The van der Waals surface area contributed by atoms with E-state index < -0.39 is 0 Å². The van der Waals surface area contributed by atoms with Crippen molar-refractivity contribution in [3.63, 3.8) is 0 Å². The smallest absolute Gasteiger partial charge is 0.123 e. The Bertz CT molecular complexity index is 578. The molecule has 1 atom stereocenters. The van der Waals surface area contributed by atoms with Gasteiger partial charge in [0.05, 0.1) is 0 Å². The summed E-state index contributed by atoms with van der Waals surface area (Å²) in [7, 11) is 0. The van der Waals surface area contributed by atoms with Gasteiger partial charge in [0.25, 0.3) is 0 Å². The minimum Gasteiger partial charge on any atom is -0.324 e. The number of rotatable bonds is 3. The van der Waals surface area contributed by atoms with E-state index in [1.165, 1.54) is 12.1 Å². The monoisotopic (exact) mass is 297 g/mol. The Kier molecular flexibility index (Phi) is 4.46. The van der Waals surface area contributed by atoms with Crippen molar-refractivity contribution in [3.05, 3.63) is 69.0 Å². The second kappa shape index (κ2) is 5.91. The third-order valence-corrected chi connectivity index (χ3v) is 3.77. The van der Waals surface area contributed by atoms with Gasteiger partial charge in [-0.1, -0.05) is 35.3 Å². The van der Waals surface area contributed by atoms with Gasteiger partial charge in [0.1, 0.15) is 5.82 Å². The molecule has 2 aromatic carbocycles. The van der Waals surface area contributed by atoms with Crippen molar-refractivity contribution in [2.45, 2.75) is 19.4 Å². The molecule has 0 aromatic heterocycles. The molecular weight excluding hydrogens is 284 g/mol. The van der Waals surface area contributed by atoms with Gasteiger partial charge in [-0.3, -0.25) is 0 Å². The van der Waals surface area contributed by atoms with E-state index in [0.29, 0.717) is 16.5 Å². The third kappa shape index (κ3) is 3.27. The first-order chi connectivity index (χ1) is 8.99. The van der Waals surface area contributed by atoms with Crippen LogP contribution < -0.4 is 5.73 Å². The molecule has 0 fully saturated rings. The van der Waals surface area contributed by atoms with Gasteiger partial charge in [0.15, 0.2) is 0 Å². The second-order valence-corrected chi connectivity index (χ2v) is 5.33. The van der Waals surface area contributed by atoms with Gasteiger partial charge < -0.3 is 5.73 Å². The van der Waals surface area contributed by atoms with Crippen molar-refractivity contribution in [2.75, 3.05) is 0 Å². The lowest BCUT2D eigenvalue weighted by atomic mass is 9.96. The number of hydrogen-bond donors (Lipinski definition) is 1. The molecule has 2 N–H and O–H groups in total. The van der Waals surface area contributed by atoms with E-state index in [1.807, 2.05) is 6.92 Å². The van der Waals surface area contributed by atoms with Gasteiger partial charge >= 0.3 is 0 Å². The summed E-state index contributed by atoms with van der Waals surface area (Å²) in [6.45, 7) is 1.86. The molecule has 1 nitrogen and oxygen atoms in total. The van der Waals surface area contributed by atoms with Crippen molar-refractivity contribution in [1.82, 2.24) is 0 Å². The fourth-order valence-corrected chi connectivity index (χ4v) is 2.77. The molecule has 0 aliphatic heterocycles. The lowest BCUT2D eigenvalue weighted by Gasteiger charge is -2.16. The zero-order chi connectivity index (χ0) is 14.0. The molecule has 1 unspecified atom stereocenters. The Balaban J connectivity index is 2.28. The Labute approximate surface area is 122 Å². The van der Waals surface area contributed by atoms with Gasteiger partial charge in [0, 0.05) is 21.7 Å². The van der Waals surface area contributed by atoms with Gasteiger partial charge in [-0.05, 0) is 48.7 Å². The Morgan fingerprint density at radius 1 is 1.16 bits per heavy atom. The van der Waals surface area contributed by atoms with Crippen LogP contribution in [0.3, 0.4) is 0 Å². The summed E-state index contributed by atoms with van der Waals surface area (Å²) < 4.78 is 13.1. The highest BCUT2D eigenvalue weighted by molar-refractivity contribution is 6.36. The fraction of sp³-hybridized carbons (Fsp3) is 0.200. The van der Waals surface area contributed by atoms with Gasteiger partial charge in [-0.25, -0.2) is 4.39 Å². The highest BCUT2D eigenvalue weighted by Gasteiger charge is 2.15. The number of halogens is 3. The molecular formula is C15H14Cl2FN. The fourth-order valence-electron chi connectivity index (χ4n) is 2.09. The molecule has 4 heteroatoms. The quantitative estimate of drug-likeness (QED) is 0.874. The lowest BCUT2D eigenvalue weighted by Crippen LogP contribution is -2.15. The zero-order valence-corrected chi connectivity index (χ0v) is 12.0. The number of aryl methyl sites for hydroxylation is 1. The summed E-state index contributed by atoms with van der Waals surface area (Å²) in [6, 6.07) is 9.67. The van der Waals surface area contributed by atoms with Crippen LogP contribution in [0, 0.1) is 12.7 Å². The van der Waals surface area contributed by atoms with Crippen LogP contribution in [0.2, 0.25) is 10.0 Å². The van der Waals surface area contributed by atoms with E-state index >= 15 is 0 Å². The summed E-state index contributed by atoms with van der Waals surface area (Å²) in [5.41, 5.74) is 8.77. The highest BCUT2D eigenvalue weighted by Crippen LogP contribution is 2.31.